The highest BCUT2D eigenvalue weighted by molar-refractivity contribution is 14.0. The molecule has 0 radical (unpaired) electrons. The van der Waals surface area contributed by atoms with Crippen LogP contribution < -0.4 is 10.6 Å². The molecule has 2 N–H and O–H groups in total. The van der Waals surface area contributed by atoms with Crippen molar-refractivity contribution in [2.24, 2.45) is 4.99 Å². The van der Waals surface area contributed by atoms with E-state index in [0.717, 1.165) is 50.7 Å². The number of carbonyl (C=O) groups excluding carboxylic acids is 1. The second-order valence-electron chi connectivity index (χ2n) is 7.10. The van der Waals surface area contributed by atoms with E-state index in [-0.39, 0.29) is 42.1 Å². The number of hydrogen-bond donors (Lipinski definition) is 2. The van der Waals surface area contributed by atoms with E-state index in [0.29, 0.717) is 25.4 Å². The third-order valence-electron chi connectivity index (χ3n) is 4.86. The molecule has 0 aromatic carbocycles. The average Bonchev–Trinajstić information content (AvgIpc) is 3.22. The highest BCUT2D eigenvalue weighted by Gasteiger charge is 2.32. The number of pyridine rings is 1. The van der Waals surface area contributed by atoms with E-state index in [1.165, 1.54) is 0 Å². The van der Waals surface area contributed by atoms with Gasteiger partial charge in [-0.3, -0.25) is 9.79 Å². The van der Waals surface area contributed by atoms with Gasteiger partial charge in [-0.25, -0.2) is 4.98 Å². The molecule has 1 aromatic heterocycles. The number of aryl methyl sites for hydroxylation is 1. The molecule has 2 unspecified atom stereocenters. The second kappa shape index (κ2) is 12.3. The Kier molecular flexibility index (Phi) is 10.1. The Bertz CT molecular complexity index is 682. The maximum absolute atomic E-state index is 12.2. The molecule has 0 spiro atoms. The number of anilines is 1. The number of amides is 1. The number of hydrogen-bond acceptors (Lipinski definition) is 5. The van der Waals surface area contributed by atoms with Crippen molar-refractivity contribution in [1.29, 1.82) is 0 Å². The van der Waals surface area contributed by atoms with Crippen molar-refractivity contribution < 1.29 is 14.3 Å². The third-order valence-corrected chi connectivity index (χ3v) is 4.86. The van der Waals surface area contributed by atoms with Crippen LogP contribution in [0.5, 0.6) is 0 Å². The summed E-state index contributed by atoms with van der Waals surface area (Å²) in [7, 11) is 0. The molecule has 0 bridgehead atoms. The predicted octanol–water partition coefficient (Wildman–Crippen LogP) is 2.18. The summed E-state index contributed by atoms with van der Waals surface area (Å²) in [5, 5.41) is 6.15. The van der Waals surface area contributed by atoms with E-state index < -0.39 is 0 Å². The highest BCUT2D eigenvalue weighted by Crippen LogP contribution is 2.21. The molecule has 1 aromatic rings. The van der Waals surface area contributed by atoms with Crippen LogP contribution in [0.4, 0.5) is 5.82 Å². The van der Waals surface area contributed by atoms with Gasteiger partial charge in [-0.1, -0.05) is 6.07 Å². The molecule has 0 saturated carbocycles. The fourth-order valence-corrected chi connectivity index (χ4v) is 3.50. The molecule has 9 heteroatoms. The number of carbonyl (C=O) groups is 1. The quantitative estimate of drug-likeness (QED) is 0.342. The summed E-state index contributed by atoms with van der Waals surface area (Å²) in [6, 6.07) is 5.56. The van der Waals surface area contributed by atoms with Gasteiger partial charge in [0.15, 0.2) is 5.96 Å². The van der Waals surface area contributed by atoms with Crippen LogP contribution in [0.1, 0.15) is 31.9 Å². The first-order valence-electron chi connectivity index (χ1n) is 10.2. The minimum absolute atomic E-state index is 0. The largest absolute Gasteiger partial charge is 0.375 e. The molecule has 29 heavy (non-hydrogen) atoms. The standard InChI is InChI=1S/C20H31N5O3.HI/c1-3-21-20(25-11-13-28-17(14-25)16-7-5-12-27-16)22-10-9-19(26)24-18-8-4-6-15(2)23-18;/h4,6,8,16-17H,3,5,7,9-14H2,1-2H3,(H,21,22)(H,23,24,26);1H. The monoisotopic (exact) mass is 517 g/mol. The maximum atomic E-state index is 12.2. The molecule has 3 rings (SSSR count). The first kappa shape index (κ1) is 23.8. The van der Waals surface area contributed by atoms with Crippen LogP contribution in [0.25, 0.3) is 0 Å². The summed E-state index contributed by atoms with van der Waals surface area (Å²) in [5.41, 5.74) is 0.873. The van der Waals surface area contributed by atoms with Crippen LogP contribution in [0.3, 0.4) is 0 Å². The van der Waals surface area contributed by atoms with Gasteiger partial charge in [-0.15, -0.1) is 24.0 Å². The summed E-state index contributed by atoms with van der Waals surface area (Å²) >= 11 is 0. The molecule has 3 heterocycles. The number of nitrogens with zero attached hydrogens (tertiary/aromatic N) is 3. The van der Waals surface area contributed by atoms with Crippen molar-refractivity contribution >= 4 is 41.7 Å². The zero-order valence-electron chi connectivity index (χ0n) is 17.2. The summed E-state index contributed by atoms with van der Waals surface area (Å²) in [5.74, 6) is 1.32. The van der Waals surface area contributed by atoms with Crippen LogP contribution in [-0.2, 0) is 14.3 Å². The summed E-state index contributed by atoms with van der Waals surface area (Å²) in [4.78, 5) is 23.3. The molecule has 162 valence electrons. The minimum atomic E-state index is -0.0862. The van der Waals surface area contributed by atoms with Gasteiger partial charge in [0, 0.05) is 38.4 Å². The Labute approximate surface area is 189 Å². The Morgan fingerprint density at radius 3 is 2.86 bits per heavy atom. The molecule has 2 atom stereocenters. The van der Waals surface area contributed by atoms with Gasteiger partial charge >= 0.3 is 0 Å². The Hall–Kier alpha value is -1.46. The fourth-order valence-electron chi connectivity index (χ4n) is 3.50. The van der Waals surface area contributed by atoms with Crippen molar-refractivity contribution in [3.8, 4) is 0 Å². The van der Waals surface area contributed by atoms with E-state index in [1.54, 1.807) is 6.07 Å². The normalized spacial score (nSPS) is 22.1. The summed E-state index contributed by atoms with van der Waals surface area (Å²) < 4.78 is 11.7. The van der Waals surface area contributed by atoms with Crippen molar-refractivity contribution in [3.05, 3.63) is 23.9 Å². The summed E-state index contributed by atoms with van der Waals surface area (Å²) in [6.45, 7) is 8.17. The Morgan fingerprint density at radius 1 is 1.31 bits per heavy atom. The zero-order valence-corrected chi connectivity index (χ0v) is 19.6. The van der Waals surface area contributed by atoms with E-state index in [9.17, 15) is 4.79 Å². The fraction of sp³-hybridized carbons (Fsp3) is 0.650. The lowest BCUT2D eigenvalue weighted by Crippen LogP contribution is -2.53. The Morgan fingerprint density at radius 2 is 2.14 bits per heavy atom. The van der Waals surface area contributed by atoms with E-state index >= 15 is 0 Å². The van der Waals surface area contributed by atoms with E-state index in [4.69, 9.17) is 9.47 Å². The number of aliphatic imine (C=N–C) groups is 1. The lowest BCUT2D eigenvalue weighted by molar-refractivity contribution is -0.116. The molecule has 2 aliphatic heterocycles. The average molecular weight is 517 g/mol. The lowest BCUT2D eigenvalue weighted by Gasteiger charge is -2.37. The second-order valence-corrected chi connectivity index (χ2v) is 7.10. The van der Waals surface area contributed by atoms with Crippen LogP contribution in [0, 0.1) is 6.92 Å². The van der Waals surface area contributed by atoms with Crippen LogP contribution in [-0.4, -0.2) is 73.4 Å². The van der Waals surface area contributed by atoms with Crippen molar-refractivity contribution in [3.63, 3.8) is 0 Å². The van der Waals surface area contributed by atoms with Gasteiger partial charge in [0.2, 0.25) is 5.91 Å². The predicted molar refractivity (Wildman–Crippen MR) is 124 cm³/mol. The lowest BCUT2D eigenvalue weighted by atomic mass is 10.1. The summed E-state index contributed by atoms with van der Waals surface area (Å²) in [6.07, 6.45) is 2.72. The highest BCUT2D eigenvalue weighted by atomic mass is 127. The Balaban J connectivity index is 0.00000300. The molecule has 0 aliphatic carbocycles. The first-order valence-corrected chi connectivity index (χ1v) is 10.2. The molecule has 2 saturated heterocycles. The number of ether oxygens (including phenoxy) is 2. The molecule has 1 amide bonds. The minimum Gasteiger partial charge on any atom is -0.375 e. The molecule has 2 aliphatic rings. The topological polar surface area (TPSA) is 88.1 Å². The molecule has 8 nitrogen and oxygen atoms in total. The van der Waals surface area contributed by atoms with Gasteiger partial charge < -0.3 is 25.0 Å². The van der Waals surface area contributed by atoms with Crippen molar-refractivity contribution in [2.45, 2.75) is 45.3 Å². The van der Waals surface area contributed by atoms with Crippen LogP contribution >= 0.6 is 24.0 Å². The number of aromatic nitrogens is 1. The van der Waals surface area contributed by atoms with Gasteiger partial charge in [-0.2, -0.15) is 0 Å². The smallest absolute Gasteiger partial charge is 0.227 e. The molecular weight excluding hydrogens is 485 g/mol. The third kappa shape index (κ3) is 7.38. The van der Waals surface area contributed by atoms with Gasteiger partial charge in [0.25, 0.3) is 0 Å². The van der Waals surface area contributed by atoms with Crippen molar-refractivity contribution in [1.82, 2.24) is 15.2 Å². The van der Waals surface area contributed by atoms with Gasteiger partial charge in [0.1, 0.15) is 11.9 Å². The first-order chi connectivity index (χ1) is 13.7. The van der Waals surface area contributed by atoms with Crippen LogP contribution in [0.15, 0.2) is 23.2 Å². The van der Waals surface area contributed by atoms with Crippen molar-refractivity contribution in [2.75, 3.05) is 44.7 Å². The number of rotatable bonds is 6. The van der Waals surface area contributed by atoms with E-state index in [2.05, 4.69) is 25.5 Å². The SMILES string of the molecule is CCNC(=NCCC(=O)Nc1cccc(C)n1)N1CCOC(C2CCCO2)C1.I. The van der Waals surface area contributed by atoms with Gasteiger partial charge in [0.05, 0.1) is 19.3 Å². The molecule has 2 fully saturated rings. The number of halogens is 1. The van der Waals surface area contributed by atoms with E-state index in [1.807, 2.05) is 26.0 Å². The van der Waals surface area contributed by atoms with Crippen LogP contribution in [0.2, 0.25) is 0 Å². The number of guanidine groups is 1. The number of morpholine rings is 1. The number of nitrogens with one attached hydrogen (secondary N) is 2. The van der Waals surface area contributed by atoms with Gasteiger partial charge in [-0.05, 0) is 38.8 Å². The maximum Gasteiger partial charge on any atom is 0.227 e. The zero-order chi connectivity index (χ0) is 19.8. The molecular formula is C20H32IN5O3.